The molecule has 0 bridgehead atoms. The number of fused-ring (bicyclic) bond motifs is 1. The molecule has 178 valence electrons. The van der Waals surface area contributed by atoms with Crippen LogP contribution in [0.15, 0.2) is 66.7 Å². The number of aliphatic hydroxyl groups is 1. The average Bonchev–Trinajstić information content (AvgIpc) is 2.83. The van der Waals surface area contributed by atoms with Crippen molar-refractivity contribution in [1.29, 1.82) is 0 Å². The molecular weight excluding hydrogens is 428 g/mol. The molecular formula is C29H32O5. The zero-order valence-electron chi connectivity index (χ0n) is 20.0. The van der Waals surface area contributed by atoms with Crippen LogP contribution in [-0.2, 0) is 13.0 Å². The zero-order chi connectivity index (χ0) is 24.1. The van der Waals surface area contributed by atoms with E-state index in [1.54, 1.807) is 0 Å². The van der Waals surface area contributed by atoms with Gasteiger partial charge in [0.15, 0.2) is 0 Å². The fourth-order valence-electron chi connectivity index (χ4n) is 4.16. The molecule has 1 heterocycles. The minimum Gasteiger partial charge on any atom is -0.507 e. The van der Waals surface area contributed by atoms with Gasteiger partial charge in [-0.15, -0.1) is 0 Å². The van der Waals surface area contributed by atoms with E-state index in [0.717, 1.165) is 16.7 Å². The van der Waals surface area contributed by atoms with E-state index in [2.05, 4.69) is 0 Å². The molecule has 0 saturated carbocycles. The van der Waals surface area contributed by atoms with Crippen LogP contribution < -0.4 is 14.2 Å². The Morgan fingerprint density at radius 2 is 1.79 bits per heavy atom. The summed E-state index contributed by atoms with van der Waals surface area (Å²) in [6.45, 7) is 6.75. The summed E-state index contributed by atoms with van der Waals surface area (Å²) in [6.07, 6.45) is 4.28. The Bertz CT molecular complexity index is 1150. The summed E-state index contributed by atoms with van der Waals surface area (Å²) < 4.78 is 17.8. The maximum atomic E-state index is 11.0. The first-order chi connectivity index (χ1) is 16.4. The highest BCUT2D eigenvalue weighted by Gasteiger charge is 2.26. The summed E-state index contributed by atoms with van der Waals surface area (Å²) in [6, 6.07) is 19.4. The van der Waals surface area contributed by atoms with Crippen LogP contribution in [0.2, 0.25) is 0 Å². The smallest absolute Gasteiger partial charge is 0.131 e. The quantitative estimate of drug-likeness (QED) is 0.418. The SMILES string of the molecule is CCOc1ccc(C(CO)Cc2ccc3c(c2O)C=CC(C)(C)O3)c(OCc2ccccc2)c1. The number of phenolic OH excluding ortho intramolecular Hbond substituents is 1. The van der Waals surface area contributed by atoms with Crippen LogP contribution in [0.4, 0.5) is 0 Å². The summed E-state index contributed by atoms with van der Waals surface area (Å²) in [5, 5.41) is 21.3. The molecule has 5 nitrogen and oxygen atoms in total. The highest BCUT2D eigenvalue weighted by molar-refractivity contribution is 5.68. The van der Waals surface area contributed by atoms with Gasteiger partial charge in [0.2, 0.25) is 0 Å². The Labute approximate surface area is 201 Å². The van der Waals surface area contributed by atoms with Gasteiger partial charge in [0.05, 0.1) is 18.8 Å². The van der Waals surface area contributed by atoms with Crippen molar-refractivity contribution in [2.24, 2.45) is 0 Å². The maximum absolute atomic E-state index is 11.0. The van der Waals surface area contributed by atoms with Crippen LogP contribution in [-0.4, -0.2) is 29.0 Å². The molecule has 34 heavy (non-hydrogen) atoms. The van der Waals surface area contributed by atoms with Gasteiger partial charge in [0.25, 0.3) is 0 Å². The Morgan fingerprint density at radius 3 is 2.53 bits per heavy atom. The Balaban J connectivity index is 1.62. The molecule has 4 rings (SSSR count). The van der Waals surface area contributed by atoms with Crippen molar-refractivity contribution in [1.82, 2.24) is 0 Å². The lowest BCUT2D eigenvalue weighted by molar-refractivity contribution is 0.158. The molecule has 0 aliphatic carbocycles. The molecule has 1 aliphatic heterocycles. The molecule has 3 aromatic carbocycles. The Morgan fingerprint density at radius 1 is 1.00 bits per heavy atom. The third kappa shape index (κ3) is 5.37. The molecule has 1 unspecified atom stereocenters. The van der Waals surface area contributed by atoms with Gasteiger partial charge in [-0.25, -0.2) is 0 Å². The number of hydrogen-bond acceptors (Lipinski definition) is 5. The zero-order valence-corrected chi connectivity index (χ0v) is 20.0. The molecule has 0 aromatic heterocycles. The number of phenols is 1. The first-order valence-electron chi connectivity index (χ1n) is 11.7. The first kappa shape index (κ1) is 23.7. The lowest BCUT2D eigenvalue weighted by Gasteiger charge is -2.29. The summed E-state index contributed by atoms with van der Waals surface area (Å²) in [5.41, 5.74) is 2.92. The molecule has 0 spiro atoms. The summed E-state index contributed by atoms with van der Waals surface area (Å²) in [7, 11) is 0. The Kier molecular flexibility index (Phi) is 7.13. The van der Waals surface area contributed by atoms with Gasteiger partial charge in [0.1, 0.15) is 35.2 Å². The predicted octanol–water partition coefficient (Wildman–Crippen LogP) is 5.87. The molecule has 0 fully saturated rings. The van der Waals surface area contributed by atoms with Gasteiger partial charge in [-0.05, 0) is 62.6 Å². The highest BCUT2D eigenvalue weighted by atomic mass is 16.5. The van der Waals surface area contributed by atoms with E-state index in [-0.39, 0.29) is 18.3 Å². The fourth-order valence-corrected chi connectivity index (χ4v) is 4.16. The molecule has 1 aliphatic rings. The van der Waals surface area contributed by atoms with Gasteiger partial charge < -0.3 is 24.4 Å². The van der Waals surface area contributed by atoms with Crippen molar-refractivity contribution in [2.75, 3.05) is 13.2 Å². The number of benzene rings is 3. The highest BCUT2D eigenvalue weighted by Crippen LogP contribution is 2.41. The van der Waals surface area contributed by atoms with Crippen molar-refractivity contribution < 1.29 is 24.4 Å². The van der Waals surface area contributed by atoms with Crippen molar-refractivity contribution in [3.05, 3.63) is 89.0 Å². The van der Waals surface area contributed by atoms with Gasteiger partial charge in [0, 0.05) is 17.5 Å². The molecule has 5 heteroatoms. The van der Waals surface area contributed by atoms with Crippen LogP contribution in [0.25, 0.3) is 6.08 Å². The van der Waals surface area contributed by atoms with E-state index < -0.39 is 5.60 Å². The van der Waals surface area contributed by atoms with Crippen molar-refractivity contribution in [3.8, 4) is 23.0 Å². The van der Waals surface area contributed by atoms with Gasteiger partial charge in [-0.2, -0.15) is 0 Å². The van der Waals surface area contributed by atoms with Gasteiger partial charge in [-0.3, -0.25) is 0 Å². The van der Waals surface area contributed by atoms with Crippen LogP contribution in [0.5, 0.6) is 23.0 Å². The normalized spacial score (nSPS) is 14.7. The topological polar surface area (TPSA) is 68.2 Å². The molecule has 2 N–H and O–H groups in total. The first-order valence-corrected chi connectivity index (χ1v) is 11.7. The van der Waals surface area contributed by atoms with Crippen LogP contribution in [0.3, 0.4) is 0 Å². The summed E-state index contributed by atoms with van der Waals surface area (Å²) in [4.78, 5) is 0. The third-order valence-electron chi connectivity index (χ3n) is 5.94. The number of rotatable bonds is 9. The standard InChI is InChI=1S/C29H32O5/c1-4-32-23-11-12-24(27(17-23)33-19-20-8-6-5-7-9-20)22(18-30)16-21-10-13-26-25(28(21)31)14-15-29(2,3)34-26/h5-15,17,22,30-31H,4,16,18-19H2,1-3H3. The van der Waals surface area contributed by atoms with Crippen LogP contribution in [0, 0.1) is 0 Å². The number of ether oxygens (including phenoxy) is 3. The van der Waals surface area contributed by atoms with Crippen molar-refractivity contribution in [3.63, 3.8) is 0 Å². The van der Waals surface area contributed by atoms with Crippen molar-refractivity contribution >= 4 is 6.08 Å². The lowest BCUT2D eigenvalue weighted by atomic mass is 9.89. The number of aliphatic hydroxyl groups excluding tert-OH is 1. The molecule has 1 atom stereocenters. The van der Waals surface area contributed by atoms with E-state index in [4.69, 9.17) is 14.2 Å². The largest absolute Gasteiger partial charge is 0.507 e. The second kappa shape index (κ2) is 10.2. The molecule has 0 saturated heterocycles. The third-order valence-corrected chi connectivity index (χ3v) is 5.94. The maximum Gasteiger partial charge on any atom is 0.131 e. The molecule has 3 aromatic rings. The Hall–Kier alpha value is -3.44. The van der Waals surface area contributed by atoms with Crippen LogP contribution >= 0.6 is 0 Å². The van der Waals surface area contributed by atoms with Crippen LogP contribution in [0.1, 0.15) is 48.9 Å². The van der Waals surface area contributed by atoms with E-state index in [9.17, 15) is 10.2 Å². The fraction of sp³-hybridized carbons (Fsp3) is 0.310. The lowest BCUT2D eigenvalue weighted by Crippen LogP contribution is -2.27. The van der Waals surface area contributed by atoms with E-state index in [1.165, 1.54) is 0 Å². The number of aromatic hydroxyl groups is 1. The molecule has 0 radical (unpaired) electrons. The van der Waals surface area contributed by atoms with E-state index in [0.29, 0.717) is 42.4 Å². The second-order valence-corrected chi connectivity index (χ2v) is 9.01. The second-order valence-electron chi connectivity index (χ2n) is 9.01. The monoisotopic (exact) mass is 460 g/mol. The summed E-state index contributed by atoms with van der Waals surface area (Å²) >= 11 is 0. The van der Waals surface area contributed by atoms with Gasteiger partial charge in [-0.1, -0.05) is 42.5 Å². The minimum atomic E-state index is -0.415. The molecule has 0 amide bonds. The van der Waals surface area contributed by atoms with E-state index in [1.807, 2.05) is 93.6 Å². The summed E-state index contributed by atoms with van der Waals surface area (Å²) in [5.74, 6) is 1.95. The van der Waals surface area contributed by atoms with Gasteiger partial charge >= 0.3 is 0 Å². The van der Waals surface area contributed by atoms with E-state index >= 15 is 0 Å². The van der Waals surface area contributed by atoms with Crippen molar-refractivity contribution in [2.45, 2.75) is 45.3 Å². The minimum absolute atomic E-state index is 0.0917. The average molecular weight is 461 g/mol. The predicted molar refractivity (Wildman–Crippen MR) is 134 cm³/mol. The number of hydrogen-bond donors (Lipinski definition) is 2.